The number of thioether (sulfide) groups is 1. The summed E-state index contributed by atoms with van der Waals surface area (Å²) in [7, 11) is 1.65. The number of carbonyl (C=O) groups is 1. The van der Waals surface area contributed by atoms with E-state index in [1.54, 1.807) is 7.11 Å². The molecular weight excluding hydrogens is 499 g/mol. The van der Waals surface area contributed by atoms with Gasteiger partial charge in [-0.25, -0.2) is 4.98 Å². The quantitative estimate of drug-likeness (QED) is 0.326. The second-order valence-corrected chi connectivity index (χ2v) is 9.00. The maximum Gasteiger partial charge on any atom is 0.234 e. The number of aromatic nitrogens is 3. The first-order chi connectivity index (χ1) is 13.9. The predicted molar refractivity (Wildman–Crippen MR) is 125 cm³/mol. The summed E-state index contributed by atoms with van der Waals surface area (Å²) in [6.45, 7) is 4.24. The normalized spacial score (nSPS) is 10.9. The predicted octanol–water partition coefficient (Wildman–Crippen LogP) is 4.86. The molecule has 6 nitrogen and oxygen atoms in total. The Kier molecular flexibility index (Phi) is 7.54. The molecule has 8 heteroatoms. The number of methoxy groups -OCH3 is 1. The Morgan fingerprint density at radius 1 is 1.24 bits per heavy atom. The first kappa shape index (κ1) is 21.6. The van der Waals surface area contributed by atoms with Crippen molar-refractivity contribution in [1.82, 2.24) is 15.2 Å². The van der Waals surface area contributed by atoms with E-state index < -0.39 is 0 Å². The minimum Gasteiger partial charge on any atom is -0.497 e. The van der Waals surface area contributed by atoms with E-state index in [-0.39, 0.29) is 11.7 Å². The molecule has 29 heavy (non-hydrogen) atoms. The van der Waals surface area contributed by atoms with Crippen LogP contribution in [0.15, 0.2) is 47.6 Å². The molecule has 0 aliphatic rings. The summed E-state index contributed by atoms with van der Waals surface area (Å²) in [5.74, 6) is 2.10. The largest absolute Gasteiger partial charge is 0.497 e. The van der Waals surface area contributed by atoms with Crippen molar-refractivity contribution in [2.45, 2.75) is 31.3 Å². The Morgan fingerprint density at radius 3 is 2.69 bits per heavy atom. The lowest BCUT2D eigenvalue weighted by Crippen LogP contribution is -2.15. The van der Waals surface area contributed by atoms with Crippen LogP contribution in [0.4, 0.5) is 5.69 Å². The van der Waals surface area contributed by atoms with Gasteiger partial charge in [-0.15, -0.1) is 5.10 Å². The molecule has 0 aliphatic heterocycles. The Balaban J connectivity index is 1.54. The molecule has 0 unspecified atom stereocenters. The number of benzene rings is 2. The highest BCUT2D eigenvalue weighted by molar-refractivity contribution is 14.1. The molecule has 0 bridgehead atoms. The van der Waals surface area contributed by atoms with Crippen LogP contribution in [0.3, 0.4) is 0 Å². The monoisotopic (exact) mass is 522 g/mol. The molecule has 0 aliphatic carbocycles. The number of hydrogen-bond acceptors (Lipinski definition) is 5. The molecule has 3 aromatic rings. The van der Waals surface area contributed by atoms with Gasteiger partial charge in [0.2, 0.25) is 11.1 Å². The number of ether oxygens (including phenoxy) is 1. The highest BCUT2D eigenvalue weighted by atomic mass is 127. The smallest absolute Gasteiger partial charge is 0.234 e. The minimum atomic E-state index is -0.0698. The molecule has 1 aromatic heterocycles. The van der Waals surface area contributed by atoms with Crippen molar-refractivity contribution in [3.8, 4) is 5.75 Å². The van der Waals surface area contributed by atoms with E-state index in [0.29, 0.717) is 17.5 Å². The molecule has 1 amide bonds. The van der Waals surface area contributed by atoms with Crippen LogP contribution < -0.4 is 10.1 Å². The van der Waals surface area contributed by atoms with Crippen molar-refractivity contribution in [1.29, 1.82) is 0 Å². The van der Waals surface area contributed by atoms with Gasteiger partial charge in [0.1, 0.15) is 11.6 Å². The lowest BCUT2D eigenvalue weighted by Gasteiger charge is -2.14. The number of aromatic amines is 1. The number of nitrogens with one attached hydrogen (secondary N) is 2. The van der Waals surface area contributed by atoms with Gasteiger partial charge in [0.25, 0.3) is 0 Å². The first-order valence-corrected chi connectivity index (χ1v) is 11.3. The maximum absolute atomic E-state index is 12.4. The SMILES string of the molecule is COc1ccc(Cc2nc(SCC(=O)Nc3ccc(I)cc3C(C)C)n[nH]2)cc1. The van der Waals surface area contributed by atoms with Crippen LogP contribution in [0.1, 0.15) is 36.7 Å². The van der Waals surface area contributed by atoms with E-state index >= 15 is 0 Å². The zero-order valence-corrected chi connectivity index (χ0v) is 19.5. The molecule has 2 N–H and O–H groups in total. The maximum atomic E-state index is 12.4. The van der Waals surface area contributed by atoms with Crippen molar-refractivity contribution in [3.63, 3.8) is 0 Å². The molecule has 0 spiro atoms. The summed E-state index contributed by atoms with van der Waals surface area (Å²) < 4.78 is 6.33. The molecule has 0 radical (unpaired) electrons. The lowest BCUT2D eigenvalue weighted by molar-refractivity contribution is -0.113. The van der Waals surface area contributed by atoms with Crippen LogP contribution in [0, 0.1) is 3.57 Å². The molecule has 3 rings (SSSR count). The van der Waals surface area contributed by atoms with Crippen LogP contribution in [-0.2, 0) is 11.2 Å². The Bertz CT molecular complexity index is 973. The summed E-state index contributed by atoms with van der Waals surface area (Å²) in [6.07, 6.45) is 0.643. The average molecular weight is 522 g/mol. The van der Waals surface area contributed by atoms with Gasteiger partial charge in [0, 0.05) is 15.7 Å². The van der Waals surface area contributed by atoms with Crippen LogP contribution in [0.25, 0.3) is 0 Å². The zero-order chi connectivity index (χ0) is 20.8. The number of hydrogen-bond donors (Lipinski definition) is 2. The zero-order valence-electron chi connectivity index (χ0n) is 16.5. The van der Waals surface area contributed by atoms with Crippen LogP contribution in [-0.4, -0.2) is 34.0 Å². The molecule has 0 fully saturated rings. The number of rotatable bonds is 8. The molecule has 0 saturated carbocycles. The van der Waals surface area contributed by atoms with E-state index in [2.05, 4.69) is 63.0 Å². The summed E-state index contributed by atoms with van der Waals surface area (Å²) in [6, 6.07) is 13.9. The second-order valence-electron chi connectivity index (χ2n) is 6.81. The number of amides is 1. The van der Waals surface area contributed by atoms with Gasteiger partial charge in [-0.3, -0.25) is 9.89 Å². The Hall–Kier alpha value is -2.07. The van der Waals surface area contributed by atoms with Crippen molar-refractivity contribution in [2.75, 3.05) is 18.2 Å². The fourth-order valence-corrected chi connectivity index (χ4v) is 3.93. The lowest BCUT2D eigenvalue weighted by atomic mass is 10.0. The molecular formula is C21H23IN4O2S. The van der Waals surface area contributed by atoms with E-state index in [1.165, 1.54) is 11.8 Å². The summed E-state index contributed by atoms with van der Waals surface area (Å²) in [5.41, 5.74) is 3.10. The second kappa shape index (κ2) is 10.1. The van der Waals surface area contributed by atoms with E-state index in [0.717, 1.165) is 32.0 Å². The minimum absolute atomic E-state index is 0.0698. The van der Waals surface area contributed by atoms with Crippen LogP contribution >= 0.6 is 34.4 Å². The fourth-order valence-electron chi connectivity index (χ4n) is 2.80. The number of anilines is 1. The van der Waals surface area contributed by atoms with Gasteiger partial charge in [-0.2, -0.15) is 0 Å². The van der Waals surface area contributed by atoms with Crippen LogP contribution in [0.2, 0.25) is 0 Å². The summed E-state index contributed by atoms with van der Waals surface area (Å²) >= 11 is 3.60. The standard InChI is InChI=1S/C21H23IN4O2S/c1-13(2)17-11-15(22)6-9-18(17)23-20(27)12-29-21-24-19(25-26-21)10-14-4-7-16(28-3)8-5-14/h4-9,11,13H,10,12H2,1-3H3,(H,23,27)(H,24,25,26). The fraction of sp³-hybridized carbons (Fsp3) is 0.286. The van der Waals surface area contributed by atoms with Crippen molar-refractivity contribution in [2.24, 2.45) is 0 Å². The van der Waals surface area contributed by atoms with Crippen molar-refractivity contribution in [3.05, 3.63) is 63.0 Å². The van der Waals surface area contributed by atoms with Gasteiger partial charge in [-0.05, 0) is 70.0 Å². The molecule has 152 valence electrons. The summed E-state index contributed by atoms with van der Waals surface area (Å²) in [4.78, 5) is 16.9. The van der Waals surface area contributed by atoms with Gasteiger partial charge in [0.05, 0.1) is 12.9 Å². The van der Waals surface area contributed by atoms with Gasteiger partial charge in [0.15, 0.2) is 0 Å². The third kappa shape index (κ3) is 6.20. The molecule has 1 heterocycles. The first-order valence-electron chi connectivity index (χ1n) is 9.21. The van der Waals surface area contributed by atoms with E-state index in [4.69, 9.17) is 4.74 Å². The molecule has 0 saturated heterocycles. The number of halogens is 1. The van der Waals surface area contributed by atoms with Gasteiger partial charge >= 0.3 is 0 Å². The van der Waals surface area contributed by atoms with Crippen molar-refractivity contribution >= 4 is 45.9 Å². The highest BCUT2D eigenvalue weighted by Gasteiger charge is 2.12. The number of carbonyl (C=O) groups excluding carboxylic acids is 1. The molecule has 0 atom stereocenters. The Labute approximate surface area is 188 Å². The van der Waals surface area contributed by atoms with Gasteiger partial charge in [-0.1, -0.05) is 37.7 Å². The topological polar surface area (TPSA) is 79.9 Å². The number of H-pyrrole nitrogens is 1. The average Bonchev–Trinajstić information content (AvgIpc) is 3.15. The molecule has 2 aromatic carbocycles. The van der Waals surface area contributed by atoms with Gasteiger partial charge < -0.3 is 10.1 Å². The van der Waals surface area contributed by atoms with Crippen molar-refractivity contribution < 1.29 is 9.53 Å². The number of nitrogens with zero attached hydrogens (tertiary/aromatic N) is 2. The highest BCUT2D eigenvalue weighted by Crippen LogP contribution is 2.26. The third-order valence-corrected chi connectivity index (χ3v) is 5.80. The van der Waals surface area contributed by atoms with Crippen LogP contribution in [0.5, 0.6) is 5.75 Å². The Morgan fingerprint density at radius 2 is 2.00 bits per heavy atom. The summed E-state index contributed by atoms with van der Waals surface area (Å²) in [5, 5.41) is 10.7. The van der Waals surface area contributed by atoms with E-state index in [1.807, 2.05) is 36.4 Å². The third-order valence-electron chi connectivity index (χ3n) is 4.28. The van der Waals surface area contributed by atoms with E-state index in [9.17, 15) is 4.79 Å².